The molecule has 1 atom stereocenters. The van der Waals surface area contributed by atoms with Crippen molar-refractivity contribution in [1.29, 1.82) is 0 Å². The number of para-hydroxylation sites is 4. The number of hydrogen-bond acceptors (Lipinski definition) is 6. The average Bonchev–Trinajstić information content (AvgIpc) is 1.27. The smallest absolute Gasteiger partial charge is 0.144 e. The van der Waals surface area contributed by atoms with Crippen molar-refractivity contribution in [2.45, 2.75) is 151 Å². The van der Waals surface area contributed by atoms with E-state index in [9.17, 15) is 0 Å². The summed E-state index contributed by atoms with van der Waals surface area (Å²) in [6.45, 7) is 34.4. The predicted octanol–water partition coefficient (Wildman–Crippen LogP) is 36.5. The number of nitrogens with zero attached hydrogens (tertiary/aromatic N) is 11. The van der Waals surface area contributed by atoms with Crippen molar-refractivity contribution in [2.75, 3.05) is 0 Å². The molecule has 724 valence electrons. The highest BCUT2D eigenvalue weighted by molar-refractivity contribution is 6.02. The zero-order chi connectivity index (χ0) is 101. The van der Waals surface area contributed by atoms with Gasteiger partial charge in [-0.2, -0.15) is 4.80 Å². The second kappa shape index (κ2) is 39.5. The summed E-state index contributed by atoms with van der Waals surface area (Å²) >= 11 is 0. The van der Waals surface area contributed by atoms with Crippen LogP contribution >= 0.6 is 0 Å². The minimum Gasteiger partial charge on any atom is -0.299 e. The van der Waals surface area contributed by atoms with E-state index in [1.54, 1.807) is 4.80 Å². The van der Waals surface area contributed by atoms with E-state index in [0.29, 0.717) is 35.5 Å². The average molecular weight is 1920 g/mol. The molecule has 1 aliphatic rings. The number of rotatable bonds is 25. The van der Waals surface area contributed by atoms with E-state index in [4.69, 9.17) is 30.1 Å². The zero-order valence-corrected chi connectivity index (χ0v) is 86.8. The molecule has 0 amide bonds. The van der Waals surface area contributed by atoms with Gasteiger partial charge >= 0.3 is 0 Å². The van der Waals surface area contributed by atoms with Crippen molar-refractivity contribution in [1.82, 2.24) is 53.2 Å². The predicted molar refractivity (Wildman–Crippen MR) is 615 cm³/mol. The molecule has 0 saturated carbocycles. The van der Waals surface area contributed by atoms with Crippen LogP contribution in [0.3, 0.4) is 0 Å². The van der Waals surface area contributed by atoms with Gasteiger partial charge in [0.1, 0.15) is 34.3 Å². The molecule has 11 nitrogen and oxygen atoms in total. The van der Waals surface area contributed by atoms with E-state index >= 15 is 0 Å². The van der Waals surface area contributed by atoms with Crippen LogP contribution in [0.15, 0.2) is 414 Å². The summed E-state index contributed by atoms with van der Waals surface area (Å²) in [5.41, 5.74) is 46.9. The zero-order valence-electron chi connectivity index (χ0n) is 86.8. The Balaban J connectivity index is 0.737. The molecule has 0 radical (unpaired) electrons. The van der Waals surface area contributed by atoms with Gasteiger partial charge in [0.25, 0.3) is 0 Å². The van der Waals surface area contributed by atoms with Crippen LogP contribution in [0.1, 0.15) is 201 Å². The van der Waals surface area contributed by atoms with Crippen molar-refractivity contribution in [3.05, 3.63) is 464 Å². The second-order valence-electron chi connectivity index (χ2n) is 42.0. The molecule has 23 rings (SSSR count). The minimum absolute atomic E-state index is 0.00137. The third kappa shape index (κ3) is 17.3. The van der Waals surface area contributed by atoms with E-state index in [2.05, 4.69) is 487 Å². The Morgan fingerprint density at radius 2 is 0.446 bits per heavy atom. The fourth-order valence-electron chi connectivity index (χ4n) is 22.9. The van der Waals surface area contributed by atoms with Gasteiger partial charge in [-0.3, -0.25) is 18.3 Å². The molecular weight excluding hydrogens is 1800 g/mol. The molecule has 2 bridgehead atoms. The van der Waals surface area contributed by atoms with Gasteiger partial charge in [-0.15, -0.1) is 10.2 Å². The van der Waals surface area contributed by atoms with Crippen molar-refractivity contribution in [2.24, 2.45) is 0 Å². The molecule has 22 aromatic rings. The monoisotopic (exact) mass is 1920 g/mol. The van der Waals surface area contributed by atoms with Crippen molar-refractivity contribution in [3.8, 4) is 196 Å². The van der Waals surface area contributed by atoms with Crippen LogP contribution in [0.4, 0.5) is 0 Å². The molecule has 5 aromatic heterocycles. The summed E-state index contributed by atoms with van der Waals surface area (Å²) in [5, 5.41) is 10.1. The lowest BCUT2D eigenvalue weighted by Gasteiger charge is -2.28. The van der Waals surface area contributed by atoms with Gasteiger partial charge in [0.2, 0.25) is 0 Å². The molecular formula is C137H121N11. The number of aromatic nitrogens is 11. The Kier molecular flexibility index (Phi) is 25.2. The summed E-state index contributed by atoms with van der Waals surface area (Å²) in [4.78, 5) is 22.3. The fraction of sp³-hybridized carbons (Fsp3) is 0.168. The first-order valence-corrected chi connectivity index (χ1v) is 52.5. The molecule has 0 fully saturated rings. The number of hydrogen-bond donors (Lipinski definition) is 0. The summed E-state index contributed by atoms with van der Waals surface area (Å²) in [5.74, 6) is 5.73. The van der Waals surface area contributed by atoms with Crippen LogP contribution in [0, 0.1) is 0 Å². The van der Waals surface area contributed by atoms with E-state index in [1.807, 2.05) is 49.1 Å². The van der Waals surface area contributed by atoms with Crippen molar-refractivity contribution < 1.29 is 0 Å². The lowest BCUT2D eigenvalue weighted by atomic mass is 9.80. The van der Waals surface area contributed by atoms with Crippen LogP contribution in [-0.4, -0.2) is 53.2 Å². The third-order valence-electron chi connectivity index (χ3n) is 30.3. The largest absolute Gasteiger partial charge is 0.299 e. The third-order valence-corrected chi connectivity index (χ3v) is 30.3. The Bertz CT molecular complexity index is 8440. The molecule has 1 unspecified atom stereocenters. The van der Waals surface area contributed by atoms with E-state index in [1.165, 1.54) is 78.4 Å². The molecule has 0 saturated heterocycles. The number of benzene rings is 17. The number of imidazole rings is 4. The van der Waals surface area contributed by atoms with Crippen LogP contribution in [-0.2, 0) is 0 Å². The molecule has 148 heavy (non-hydrogen) atoms. The fourth-order valence-corrected chi connectivity index (χ4v) is 22.9. The molecule has 17 aromatic carbocycles. The van der Waals surface area contributed by atoms with Gasteiger partial charge < -0.3 is 0 Å². The molecule has 1 aliphatic heterocycles. The van der Waals surface area contributed by atoms with Gasteiger partial charge in [0.05, 0.1) is 28.4 Å². The van der Waals surface area contributed by atoms with E-state index in [0.717, 1.165) is 179 Å². The summed E-state index contributed by atoms with van der Waals surface area (Å²) < 4.78 is 9.27. The van der Waals surface area contributed by atoms with Crippen molar-refractivity contribution >= 4 is 11.0 Å². The SMILES string of the molecule is CC(C)c1cccc(C(C)C)c1-n1ccnc1-c1ccc(-c2ccccc2-c2cc(-c3ccccc3-c3ccc(-c4nccn4-c4c(C(C)C)cccc4C(C)C)cc3)cc(-c3cccc(-c4cc(-c5ccccc5-c5ccc(-c6nccn6-c6c(C(C)C)cccc6C(C)C)cc5)cc(-c5ccccc5-c5ccc6cc5C(C)c5cccc(C(C)C)c5-n5ccnc5-6)c4)c3-c3ccc(-n4nc5ccccc5n4)cc3)c2)cc1. The summed E-state index contributed by atoms with van der Waals surface area (Å²) in [6, 6.07) is 136. The first kappa shape index (κ1) is 94.6. The van der Waals surface area contributed by atoms with Gasteiger partial charge in [-0.1, -0.05) is 401 Å². The van der Waals surface area contributed by atoms with Crippen LogP contribution < -0.4 is 0 Å². The topological polar surface area (TPSA) is 102 Å². The molecule has 0 N–H and O–H groups in total. The molecule has 11 heteroatoms. The van der Waals surface area contributed by atoms with Gasteiger partial charge in [0.15, 0.2) is 0 Å². The first-order valence-electron chi connectivity index (χ1n) is 52.5. The lowest BCUT2D eigenvalue weighted by Crippen LogP contribution is -2.12. The number of fused-ring (bicyclic) bond motifs is 7. The quantitative estimate of drug-likeness (QED) is 0.0565. The van der Waals surface area contributed by atoms with Crippen LogP contribution in [0.2, 0.25) is 0 Å². The molecule has 0 aliphatic carbocycles. The highest BCUT2D eigenvalue weighted by Gasteiger charge is 2.32. The lowest BCUT2D eigenvalue weighted by molar-refractivity contribution is 0.766. The van der Waals surface area contributed by atoms with Crippen LogP contribution in [0.5, 0.6) is 0 Å². The Morgan fingerprint density at radius 3 is 0.784 bits per heavy atom. The first-order chi connectivity index (χ1) is 72.1. The van der Waals surface area contributed by atoms with Gasteiger partial charge in [0, 0.05) is 77.7 Å². The Hall–Kier alpha value is -17.0. The second-order valence-corrected chi connectivity index (χ2v) is 42.0. The maximum Gasteiger partial charge on any atom is 0.144 e. The highest BCUT2D eigenvalue weighted by Crippen LogP contribution is 2.52. The standard InChI is InChI=1S/C137H121N11/c1-84(2)107-39-26-40-108(85(3)4)130(107)144-73-69-138-134(144)96-57-51-92(52-58-96)115-31-16-19-34-118(115)100-77-101(119-35-20-17-32-116(119)93-53-59-97(60-54-93)135-139-70-74-145(135)131-109(86(5)6)41-27-42-110(131)87(7)8)80-104(79-100)122-47-30-48-123(129(122)95-63-66-106(67-64-95)148-142-127-49-24-25-50-128(127)143-148)105-81-102(120-36-21-18-33-117(120)94-55-61-98(62-56-94)136-140-71-75-146(136)132-111(88(9)10)43-28-44-112(132)89(11)12)78-103(82-105)121-37-22-23-38-124(121)125-68-65-99-83-126(125)91(15)114-46-29-45-113(90(13)14)133(114)147-76-72-141-137(99)147/h16-91H,1-15H3. The van der Waals surface area contributed by atoms with Gasteiger partial charge in [-0.25, -0.2) is 19.9 Å². The maximum atomic E-state index is 5.15. The minimum atomic E-state index is -0.00137. The maximum absolute atomic E-state index is 5.15. The van der Waals surface area contributed by atoms with E-state index < -0.39 is 0 Å². The normalized spacial score (nSPS) is 12.5. The Labute approximate surface area is 869 Å². The van der Waals surface area contributed by atoms with E-state index in [-0.39, 0.29) is 11.8 Å². The van der Waals surface area contributed by atoms with Gasteiger partial charge in [-0.05, 0) is 281 Å². The van der Waals surface area contributed by atoms with Crippen LogP contribution in [0.25, 0.3) is 207 Å². The van der Waals surface area contributed by atoms with Crippen molar-refractivity contribution in [3.63, 3.8) is 0 Å². The summed E-state index contributed by atoms with van der Waals surface area (Å²) in [7, 11) is 0. The Morgan fingerprint density at radius 1 is 0.196 bits per heavy atom. The summed E-state index contributed by atoms with van der Waals surface area (Å²) in [6.07, 6.45) is 16.3. The molecule has 0 spiro atoms. The molecule has 6 heterocycles. The highest BCUT2D eigenvalue weighted by atomic mass is 15.5.